The Hall–Kier alpha value is -1.66. The van der Waals surface area contributed by atoms with Gasteiger partial charge in [0.1, 0.15) is 5.69 Å². The van der Waals surface area contributed by atoms with Crippen molar-refractivity contribution in [3.05, 3.63) is 33.9 Å². The number of anilines is 1. The molecule has 6 heteroatoms. The first-order valence-corrected chi connectivity index (χ1v) is 7.14. The predicted octanol–water partition coefficient (Wildman–Crippen LogP) is 2.74. The molecule has 0 radical (unpaired) electrons. The SMILES string of the molecule is CNc1c(CN(CCOC)CC(C)C)cccc1[N+](=O)[O-]. The molecule has 0 heterocycles. The number of nitrogens with one attached hydrogen (secondary N) is 1. The van der Waals surface area contributed by atoms with Crippen molar-refractivity contribution in [2.24, 2.45) is 5.92 Å². The van der Waals surface area contributed by atoms with Crippen LogP contribution in [0.25, 0.3) is 0 Å². The monoisotopic (exact) mass is 295 g/mol. The zero-order valence-electron chi connectivity index (χ0n) is 13.3. The van der Waals surface area contributed by atoms with Crippen molar-refractivity contribution in [2.75, 3.05) is 39.2 Å². The Balaban J connectivity index is 2.96. The quantitative estimate of drug-likeness (QED) is 0.560. The number of hydrogen-bond donors (Lipinski definition) is 1. The summed E-state index contributed by atoms with van der Waals surface area (Å²) in [5.41, 5.74) is 1.64. The van der Waals surface area contributed by atoms with Crippen LogP contribution in [-0.2, 0) is 11.3 Å². The Bertz CT molecular complexity index is 463. The van der Waals surface area contributed by atoms with Crippen LogP contribution in [-0.4, -0.2) is 43.7 Å². The summed E-state index contributed by atoms with van der Waals surface area (Å²) in [6.45, 7) is 7.37. The number of nitrogens with zero attached hydrogens (tertiary/aromatic N) is 2. The zero-order chi connectivity index (χ0) is 15.8. The second-order valence-electron chi connectivity index (χ2n) is 5.44. The van der Waals surface area contributed by atoms with Gasteiger partial charge in [0.2, 0.25) is 0 Å². The molecule has 1 aromatic rings. The number of methoxy groups -OCH3 is 1. The number of ether oxygens (including phenoxy) is 1. The van der Waals surface area contributed by atoms with Crippen LogP contribution in [0.4, 0.5) is 11.4 Å². The lowest BCUT2D eigenvalue weighted by Crippen LogP contribution is -2.31. The van der Waals surface area contributed by atoms with Crippen molar-refractivity contribution in [1.29, 1.82) is 0 Å². The number of para-hydroxylation sites is 1. The second kappa shape index (κ2) is 8.59. The molecule has 0 amide bonds. The summed E-state index contributed by atoms with van der Waals surface area (Å²) in [5, 5.41) is 14.1. The minimum Gasteiger partial charge on any atom is -0.383 e. The van der Waals surface area contributed by atoms with Gasteiger partial charge in [-0.05, 0) is 11.5 Å². The van der Waals surface area contributed by atoms with Crippen LogP contribution >= 0.6 is 0 Å². The molecule has 0 aliphatic heterocycles. The molecule has 0 atom stereocenters. The van der Waals surface area contributed by atoms with Gasteiger partial charge < -0.3 is 10.1 Å². The molecule has 0 aromatic heterocycles. The van der Waals surface area contributed by atoms with E-state index in [0.717, 1.165) is 18.7 Å². The van der Waals surface area contributed by atoms with Gasteiger partial charge in [0.25, 0.3) is 5.69 Å². The van der Waals surface area contributed by atoms with Crippen molar-refractivity contribution < 1.29 is 9.66 Å². The highest BCUT2D eigenvalue weighted by Gasteiger charge is 2.18. The molecular formula is C15H25N3O3. The van der Waals surface area contributed by atoms with E-state index < -0.39 is 0 Å². The largest absolute Gasteiger partial charge is 0.383 e. The first-order chi connectivity index (χ1) is 9.99. The van der Waals surface area contributed by atoms with Crippen molar-refractivity contribution >= 4 is 11.4 Å². The highest BCUT2D eigenvalue weighted by molar-refractivity contribution is 5.66. The Morgan fingerprint density at radius 3 is 2.67 bits per heavy atom. The molecule has 0 fully saturated rings. The van der Waals surface area contributed by atoms with Crippen molar-refractivity contribution in [3.8, 4) is 0 Å². The number of hydrogen-bond acceptors (Lipinski definition) is 5. The van der Waals surface area contributed by atoms with E-state index in [1.54, 1.807) is 20.2 Å². The van der Waals surface area contributed by atoms with Crippen molar-refractivity contribution in [1.82, 2.24) is 4.90 Å². The van der Waals surface area contributed by atoms with E-state index in [2.05, 4.69) is 24.1 Å². The normalized spacial score (nSPS) is 11.1. The molecule has 0 unspecified atom stereocenters. The average Bonchev–Trinajstić information content (AvgIpc) is 2.43. The van der Waals surface area contributed by atoms with E-state index in [9.17, 15) is 10.1 Å². The highest BCUT2D eigenvalue weighted by Crippen LogP contribution is 2.28. The first-order valence-electron chi connectivity index (χ1n) is 7.14. The zero-order valence-corrected chi connectivity index (χ0v) is 13.3. The van der Waals surface area contributed by atoms with Gasteiger partial charge in [-0.25, -0.2) is 0 Å². The molecule has 0 saturated carbocycles. The molecular weight excluding hydrogens is 270 g/mol. The lowest BCUT2D eigenvalue weighted by molar-refractivity contribution is -0.384. The lowest BCUT2D eigenvalue weighted by atomic mass is 10.1. The molecule has 0 aliphatic rings. The van der Waals surface area contributed by atoms with Gasteiger partial charge in [-0.1, -0.05) is 26.0 Å². The third kappa shape index (κ3) is 5.32. The van der Waals surface area contributed by atoms with Gasteiger partial charge in [-0.2, -0.15) is 0 Å². The van der Waals surface area contributed by atoms with E-state index in [0.29, 0.717) is 24.8 Å². The molecule has 118 valence electrons. The fourth-order valence-corrected chi connectivity index (χ4v) is 2.37. The Kier molecular flexibility index (Phi) is 7.11. The summed E-state index contributed by atoms with van der Waals surface area (Å²) in [6.07, 6.45) is 0. The number of nitro groups is 1. The summed E-state index contributed by atoms with van der Waals surface area (Å²) < 4.78 is 5.14. The second-order valence-corrected chi connectivity index (χ2v) is 5.44. The molecule has 1 rings (SSSR count). The standard InChI is InChI=1S/C15H25N3O3/c1-12(2)10-17(8-9-21-4)11-13-6-5-7-14(18(19)20)15(13)16-3/h5-7,12,16H,8-11H2,1-4H3. The van der Waals surface area contributed by atoms with Crippen LogP contribution in [0.5, 0.6) is 0 Å². The van der Waals surface area contributed by atoms with E-state index in [4.69, 9.17) is 4.74 Å². The molecule has 0 spiro atoms. The minimum absolute atomic E-state index is 0.117. The Labute approximate surface area is 126 Å². The van der Waals surface area contributed by atoms with E-state index in [-0.39, 0.29) is 10.6 Å². The molecule has 21 heavy (non-hydrogen) atoms. The third-order valence-electron chi connectivity index (χ3n) is 3.20. The van der Waals surface area contributed by atoms with Crippen LogP contribution in [0.15, 0.2) is 18.2 Å². The van der Waals surface area contributed by atoms with E-state index in [1.165, 1.54) is 6.07 Å². The topological polar surface area (TPSA) is 67.6 Å². The summed E-state index contributed by atoms with van der Waals surface area (Å²) in [6, 6.07) is 5.19. The maximum atomic E-state index is 11.1. The summed E-state index contributed by atoms with van der Waals surface area (Å²) in [5.74, 6) is 0.526. The molecule has 0 aliphatic carbocycles. The van der Waals surface area contributed by atoms with Gasteiger partial charge in [0.15, 0.2) is 0 Å². The first kappa shape index (κ1) is 17.4. The average molecular weight is 295 g/mol. The highest BCUT2D eigenvalue weighted by atomic mass is 16.6. The van der Waals surface area contributed by atoms with Gasteiger partial charge in [0, 0.05) is 39.9 Å². The van der Waals surface area contributed by atoms with Gasteiger partial charge >= 0.3 is 0 Å². The molecule has 1 N–H and O–H groups in total. The van der Waals surface area contributed by atoms with E-state index >= 15 is 0 Å². The van der Waals surface area contributed by atoms with Crippen molar-refractivity contribution in [2.45, 2.75) is 20.4 Å². The number of nitro benzene ring substituents is 1. The fraction of sp³-hybridized carbons (Fsp3) is 0.600. The maximum Gasteiger partial charge on any atom is 0.292 e. The fourth-order valence-electron chi connectivity index (χ4n) is 2.37. The van der Waals surface area contributed by atoms with E-state index in [1.807, 2.05) is 6.07 Å². The predicted molar refractivity (Wildman–Crippen MR) is 84.6 cm³/mol. The minimum atomic E-state index is -0.350. The molecule has 0 saturated heterocycles. The van der Waals surface area contributed by atoms with Crippen LogP contribution in [0.2, 0.25) is 0 Å². The Morgan fingerprint density at radius 2 is 2.14 bits per heavy atom. The Morgan fingerprint density at radius 1 is 1.43 bits per heavy atom. The lowest BCUT2D eigenvalue weighted by Gasteiger charge is -2.25. The summed E-state index contributed by atoms with van der Waals surface area (Å²) in [4.78, 5) is 13.0. The van der Waals surface area contributed by atoms with Crippen LogP contribution in [0, 0.1) is 16.0 Å². The maximum absolute atomic E-state index is 11.1. The van der Waals surface area contributed by atoms with Crippen LogP contribution < -0.4 is 5.32 Å². The van der Waals surface area contributed by atoms with Crippen LogP contribution in [0.1, 0.15) is 19.4 Å². The number of rotatable bonds is 9. The van der Waals surface area contributed by atoms with Gasteiger partial charge in [-0.3, -0.25) is 15.0 Å². The molecule has 1 aromatic carbocycles. The van der Waals surface area contributed by atoms with Crippen molar-refractivity contribution in [3.63, 3.8) is 0 Å². The summed E-state index contributed by atoms with van der Waals surface area (Å²) >= 11 is 0. The third-order valence-corrected chi connectivity index (χ3v) is 3.20. The van der Waals surface area contributed by atoms with Gasteiger partial charge in [-0.15, -0.1) is 0 Å². The van der Waals surface area contributed by atoms with Crippen LogP contribution in [0.3, 0.4) is 0 Å². The summed E-state index contributed by atoms with van der Waals surface area (Å²) in [7, 11) is 3.40. The van der Waals surface area contributed by atoms with Gasteiger partial charge in [0.05, 0.1) is 11.5 Å². The smallest absolute Gasteiger partial charge is 0.292 e. The molecule has 6 nitrogen and oxygen atoms in total. The number of benzene rings is 1. The molecule has 0 bridgehead atoms.